The third-order valence-corrected chi connectivity index (χ3v) is 3.42. The van der Waals surface area contributed by atoms with Crippen LogP contribution in [-0.2, 0) is 22.4 Å². The molecule has 0 radical (unpaired) electrons. The predicted octanol–water partition coefficient (Wildman–Crippen LogP) is 3.99. The van der Waals surface area contributed by atoms with E-state index >= 15 is 0 Å². The van der Waals surface area contributed by atoms with Gasteiger partial charge in [0.05, 0.1) is 6.42 Å². The van der Waals surface area contributed by atoms with Crippen LogP contribution in [0.2, 0.25) is 0 Å². The number of rotatable bonds is 6. The molecule has 4 heteroatoms. The Balaban J connectivity index is 1.89. The number of hydrogen-bond donors (Lipinski definition) is 1. The average Bonchev–Trinajstić information content (AvgIpc) is 2.50. The molecular weight excluding hydrogens is 302 g/mol. The van der Waals surface area contributed by atoms with Crippen LogP contribution in [0.5, 0.6) is 5.75 Å². The van der Waals surface area contributed by atoms with E-state index in [9.17, 15) is 9.59 Å². The van der Waals surface area contributed by atoms with E-state index in [0.717, 1.165) is 12.0 Å². The smallest absolute Gasteiger partial charge is 0.315 e. The second kappa shape index (κ2) is 8.29. The number of carbonyl (C=O) groups is 2. The van der Waals surface area contributed by atoms with E-state index in [0.29, 0.717) is 17.4 Å². The van der Waals surface area contributed by atoms with Gasteiger partial charge in [0.25, 0.3) is 0 Å². The van der Waals surface area contributed by atoms with Crippen molar-refractivity contribution in [1.29, 1.82) is 0 Å². The fraction of sp³-hybridized carbons (Fsp3) is 0.300. The van der Waals surface area contributed by atoms with Crippen LogP contribution in [0.1, 0.15) is 31.9 Å². The van der Waals surface area contributed by atoms with E-state index in [1.165, 1.54) is 12.5 Å². The lowest BCUT2D eigenvalue weighted by molar-refractivity contribution is -0.133. The van der Waals surface area contributed by atoms with Gasteiger partial charge in [0.15, 0.2) is 0 Å². The van der Waals surface area contributed by atoms with Gasteiger partial charge >= 0.3 is 5.97 Å². The molecule has 0 atom stereocenters. The van der Waals surface area contributed by atoms with E-state index < -0.39 is 0 Å². The van der Waals surface area contributed by atoms with Gasteiger partial charge in [-0.2, -0.15) is 0 Å². The molecule has 0 aliphatic rings. The van der Waals surface area contributed by atoms with Crippen LogP contribution < -0.4 is 10.1 Å². The summed E-state index contributed by atoms with van der Waals surface area (Å²) in [6.07, 6.45) is 1.26. The minimum atomic E-state index is -0.307. The standard InChI is InChI=1S/C20H23NO3/c1-14(2)12-16-4-6-17(7-5-16)13-20(23)24-19-10-8-18(9-11-19)21-15(3)22/h4-11,14H,12-13H2,1-3H3,(H,21,22). The lowest BCUT2D eigenvalue weighted by atomic mass is 10.0. The third-order valence-electron chi connectivity index (χ3n) is 3.42. The number of hydrogen-bond acceptors (Lipinski definition) is 3. The largest absolute Gasteiger partial charge is 0.426 e. The Morgan fingerprint density at radius 3 is 2.08 bits per heavy atom. The maximum absolute atomic E-state index is 12.0. The minimum absolute atomic E-state index is 0.138. The monoisotopic (exact) mass is 325 g/mol. The molecule has 0 heterocycles. The zero-order chi connectivity index (χ0) is 17.5. The van der Waals surface area contributed by atoms with Gasteiger partial charge in [0.2, 0.25) is 5.91 Å². The Kier molecular flexibility index (Phi) is 6.13. The van der Waals surface area contributed by atoms with Crippen molar-refractivity contribution in [1.82, 2.24) is 0 Å². The van der Waals surface area contributed by atoms with Gasteiger partial charge in [-0.05, 0) is 47.7 Å². The molecule has 2 aromatic rings. The Labute approximate surface area is 142 Å². The Bertz CT molecular complexity index is 688. The number of benzene rings is 2. The second-order valence-electron chi connectivity index (χ2n) is 6.27. The van der Waals surface area contributed by atoms with Crippen molar-refractivity contribution in [3.8, 4) is 5.75 Å². The molecule has 0 aliphatic heterocycles. The molecule has 24 heavy (non-hydrogen) atoms. The lowest BCUT2D eigenvalue weighted by Gasteiger charge is -2.08. The van der Waals surface area contributed by atoms with Gasteiger partial charge in [0.1, 0.15) is 5.75 Å². The highest BCUT2D eigenvalue weighted by Gasteiger charge is 2.07. The molecule has 0 aromatic heterocycles. The summed E-state index contributed by atoms with van der Waals surface area (Å²) in [5.74, 6) is 0.631. The van der Waals surface area contributed by atoms with Crippen molar-refractivity contribution in [2.45, 2.75) is 33.6 Å². The van der Waals surface area contributed by atoms with Gasteiger partial charge < -0.3 is 10.1 Å². The second-order valence-corrected chi connectivity index (χ2v) is 6.27. The quantitative estimate of drug-likeness (QED) is 0.645. The highest BCUT2D eigenvalue weighted by molar-refractivity contribution is 5.88. The van der Waals surface area contributed by atoms with Gasteiger partial charge in [0, 0.05) is 12.6 Å². The molecule has 0 fully saturated rings. The Morgan fingerprint density at radius 2 is 1.54 bits per heavy atom. The number of ether oxygens (including phenoxy) is 1. The fourth-order valence-electron chi connectivity index (χ4n) is 2.41. The highest BCUT2D eigenvalue weighted by Crippen LogP contribution is 2.17. The van der Waals surface area contributed by atoms with Crippen molar-refractivity contribution in [2.24, 2.45) is 5.92 Å². The summed E-state index contributed by atoms with van der Waals surface area (Å²) >= 11 is 0. The molecule has 0 spiro atoms. The van der Waals surface area contributed by atoms with E-state index in [4.69, 9.17) is 4.74 Å². The van der Waals surface area contributed by atoms with Crippen molar-refractivity contribution >= 4 is 17.6 Å². The maximum Gasteiger partial charge on any atom is 0.315 e. The summed E-state index contributed by atoms with van der Waals surface area (Å²) in [5, 5.41) is 2.66. The molecule has 4 nitrogen and oxygen atoms in total. The highest BCUT2D eigenvalue weighted by atomic mass is 16.5. The average molecular weight is 325 g/mol. The van der Waals surface area contributed by atoms with Crippen molar-refractivity contribution in [2.75, 3.05) is 5.32 Å². The van der Waals surface area contributed by atoms with Crippen LogP contribution >= 0.6 is 0 Å². The van der Waals surface area contributed by atoms with Gasteiger partial charge in [-0.15, -0.1) is 0 Å². The molecule has 0 unspecified atom stereocenters. The van der Waals surface area contributed by atoms with Gasteiger partial charge in [-0.1, -0.05) is 38.1 Å². The van der Waals surface area contributed by atoms with E-state index in [2.05, 4.69) is 31.3 Å². The minimum Gasteiger partial charge on any atom is -0.426 e. The molecule has 0 saturated heterocycles. The van der Waals surface area contributed by atoms with Crippen LogP contribution in [0.3, 0.4) is 0 Å². The van der Waals surface area contributed by atoms with Crippen molar-refractivity contribution < 1.29 is 14.3 Å². The summed E-state index contributed by atoms with van der Waals surface area (Å²) in [4.78, 5) is 23.0. The van der Waals surface area contributed by atoms with Gasteiger partial charge in [-0.25, -0.2) is 0 Å². The number of carbonyl (C=O) groups excluding carboxylic acids is 2. The fourth-order valence-corrected chi connectivity index (χ4v) is 2.41. The van der Waals surface area contributed by atoms with Gasteiger partial charge in [-0.3, -0.25) is 9.59 Å². The molecule has 0 aliphatic carbocycles. The molecule has 1 N–H and O–H groups in total. The number of nitrogens with one attached hydrogen (secondary N) is 1. The molecule has 0 saturated carbocycles. The van der Waals surface area contributed by atoms with Crippen LogP contribution in [0.4, 0.5) is 5.69 Å². The maximum atomic E-state index is 12.0. The Hall–Kier alpha value is -2.62. The van der Waals surface area contributed by atoms with Crippen molar-refractivity contribution in [3.63, 3.8) is 0 Å². The first-order valence-corrected chi connectivity index (χ1v) is 8.08. The normalized spacial score (nSPS) is 10.5. The first-order valence-electron chi connectivity index (χ1n) is 8.08. The van der Waals surface area contributed by atoms with E-state index in [1.807, 2.05) is 12.1 Å². The number of amides is 1. The third kappa shape index (κ3) is 5.88. The zero-order valence-electron chi connectivity index (χ0n) is 14.3. The molecule has 1 amide bonds. The van der Waals surface area contributed by atoms with Crippen LogP contribution in [0, 0.1) is 5.92 Å². The molecule has 2 aromatic carbocycles. The predicted molar refractivity (Wildman–Crippen MR) is 95.1 cm³/mol. The Morgan fingerprint density at radius 1 is 0.958 bits per heavy atom. The van der Waals surface area contributed by atoms with Crippen LogP contribution in [-0.4, -0.2) is 11.9 Å². The lowest BCUT2D eigenvalue weighted by Crippen LogP contribution is -2.11. The summed E-state index contributed by atoms with van der Waals surface area (Å²) in [5.41, 5.74) is 2.88. The summed E-state index contributed by atoms with van der Waals surface area (Å²) in [6, 6.07) is 14.8. The summed E-state index contributed by atoms with van der Waals surface area (Å²) in [7, 11) is 0. The molecule has 2 rings (SSSR count). The SMILES string of the molecule is CC(=O)Nc1ccc(OC(=O)Cc2ccc(CC(C)C)cc2)cc1. The van der Waals surface area contributed by atoms with E-state index in [-0.39, 0.29) is 18.3 Å². The molecule has 0 bridgehead atoms. The number of esters is 1. The van der Waals surface area contributed by atoms with Crippen LogP contribution in [0.25, 0.3) is 0 Å². The van der Waals surface area contributed by atoms with E-state index in [1.54, 1.807) is 24.3 Å². The topological polar surface area (TPSA) is 55.4 Å². The first-order chi connectivity index (χ1) is 11.4. The summed E-state index contributed by atoms with van der Waals surface area (Å²) in [6.45, 7) is 5.81. The van der Waals surface area contributed by atoms with Crippen LogP contribution in [0.15, 0.2) is 48.5 Å². The number of anilines is 1. The zero-order valence-corrected chi connectivity index (χ0v) is 14.3. The first kappa shape index (κ1) is 17.7. The summed E-state index contributed by atoms with van der Waals surface area (Å²) < 4.78 is 5.32. The molecule has 126 valence electrons. The van der Waals surface area contributed by atoms with Crippen molar-refractivity contribution in [3.05, 3.63) is 59.7 Å². The molecular formula is C20H23NO3.